The number of furan rings is 2. The Balaban J connectivity index is 1.16. The Bertz CT molecular complexity index is 4140. The highest BCUT2D eigenvalue weighted by Crippen LogP contribution is 2.56. The predicted octanol–water partition coefficient (Wildman–Crippen LogP) is 19.2. The number of benzene rings is 8. The second kappa shape index (κ2) is 17.1. The number of anilines is 9. The van der Waals surface area contributed by atoms with Crippen LogP contribution in [0.1, 0.15) is 156 Å². The minimum atomic E-state index is -0.246. The molecule has 0 spiro atoms. The van der Waals surface area contributed by atoms with E-state index >= 15 is 0 Å². The summed E-state index contributed by atoms with van der Waals surface area (Å²) in [5, 5.41) is 3.37. The maximum atomic E-state index is 7.81. The van der Waals surface area contributed by atoms with Crippen LogP contribution in [0.5, 0.6) is 0 Å². The average Bonchev–Trinajstić information content (AvgIpc) is 1.96. The number of fused-ring (bicyclic) bond motifs is 11. The molecule has 2 aliphatic carbocycles. The zero-order valence-electron chi connectivity index (χ0n) is 49.6. The number of rotatable bonds is 5. The van der Waals surface area contributed by atoms with E-state index in [9.17, 15) is 0 Å². The van der Waals surface area contributed by atoms with Crippen LogP contribution in [0.4, 0.5) is 51.2 Å². The lowest BCUT2D eigenvalue weighted by Crippen LogP contribution is -2.61. The van der Waals surface area contributed by atoms with Gasteiger partial charge in [-0.15, -0.1) is 0 Å². The monoisotopic (exact) mass is 1050 g/mol. The van der Waals surface area contributed by atoms with Gasteiger partial charge in [-0.3, -0.25) is 0 Å². The van der Waals surface area contributed by atoms with Crippen LogP contribution in [0.25, 0.3) is 32.9 Å². The molecule has 4 heterocycles. The van der Waals surface area contributed by atoms with Gasteiger partial charge in [0.1, 0.15) is 16.7 Å². The van der Waals surface area contributed by atoms with Crippen LogP contribution in [0, 0.1) is 0 Å². The topological polar surface area (TPSA) is 36.0 Å². The second-order valence-corrected chi connectivity index (χ2v) is 28.7. The minimum absolute atomic E-state index is 0.00157. The number of hydrogen-bond donors (Lipinski definition) is 0. The van der Waals surface area contributed by atoms with Crippen LogP contribution in [0.3, 0.4) is 0 Å². The van der Waals surface area contributed by atoms with Gasteiger partial charge >= 0.3 is 0 Å². The molecule has 2 aliphatic heterocycles. The van der Waals surface area contributed by atoms with E-state index in [1.165, 1.54) is 49.7 Å². The van der Waals surface area contributed by atoms with Crippen molar-refractivity contribution in [2.75, 3.05) is 14.7 Å². The standard InChI is InChI=1S/C74H76BN3O2/c1-69(2,3)45-29-33-58-57(38-45)75-66-60(77(49-30-32-53-54(40-49)72(9,10)35-34-71(53,7)8)67-52-43-55-56(44-64(52)80-68(67)75)74(13,14)37-36-73(55,11)12)41-50(76(47-22-17-15-18-23-47)48-24-19-16-20-25-48)42-61(66)78(58)59-26-21-27-62-65(59)51-31-28-46(70(4,5)6)39-63(51)79-62/h15-33,38-44H,34-37H2,1-14H3. The molecule has 10 aromatic rings. The van der Waals surface area contributed by atoms with Crippen molar-refractivity contribution in [1.29, 1.82) is 0 Å². The normalized spacial score (nSPS) is 17.5. The van der Waals surface area contributed by atoms with E-state index in [1.54, 1.807) is 0 Å². The van der Waals surface area contributed by atoms with Gasteiger partial charge in [0.2, 0.25) is 0 Å². The Morgan fingerprint density at radius 3 is 1.60 bits per heavy atom. The molecule has 0 atom stereocenters. The molecule has 2 aromatic heterocycles. The summed E-state index contributed by atoms with van der Waals surface area (Å²) in [7, 11) is 0. The van der Waals surface area contributed by atoms with E-state index in [1.807, 2.05) is 0 Å². The fourth-order valence-electron chi connectivity index (χ4n) is 14.4. The Hall–Kier alpha value is -7.44. The Labute approximate surface area is 474 Å². The first kappa shape index (κ1) is 50.8. The SMILES string of the molecule is CC(C)(C)c1ccc2c(c1)B1c3oc4cc5c(cc4c3N(c3ccc4c(c3)C(C)(C)CCC4(C)C)c3cc(N(c4ccccc4)c4ccccc4)cc(c31)N2c1cccc2oc3cc(C(C)(C)C)ccc3c12)C(C)(C)CCC5(C)C. The Morgan fingerprint density at radius 2 is 0.975 bits per heavy atom. The fraction of sp³-hybridized carbons (Fsp3) is 0.324. The Kier molecular flexibility index (Phi) is 10.8. The highest BCUT2D eigenvalue weighted by molar-refractivity contribution is 7.00. The molecule has 402 valence electrons. The van der Waals surface area contributed by atoms with Crippen molar-refractivity contribution in [2.45, 2.75) is 155 Å². The third-order valence-corrected chi connectivity index (χ3v) is 19.4. The van der Waals surface area contributed by atoms with Crippen LogP contribution >= 0.6 is 0 Å². The summed E-state index contributed by atoms with van der Waals surface area (Å²) in [5.41, 5.74) is 24.3. The molecule has 0 bridgehead atoms. The lowest BCUT2D eigenvalue weighted by atomic mass is 9.35. The van der Waals surface area contributed by atoms with E-state index in [4.69, 9.17) is 8.83 Å². The summed E-state index contributed by atoms with van der Waals surface area (Å²) in [4.78, 5) is 7.67. The summed E-state index contributed by atoms with van der Waals surface area (Å²) in [6.45, 7) is 33.2. The van der Waals surface area contributed by atoms with Gasteiger partial charge in [-0.25, -0.2) is 0 Å². The zero-order chi connectivity index (χ0) is 55.8. The first-order chi connectivity index (χ1) is 37.9. The number of nitrogens with zero attached hydrogens (tertiary/aromatic N) is 3. The maximum Gasteiger partial charge on any atom is 0.297 e. The van der Waals surface area contributed by atoms with Crippen molar-refractivity contribution >= 4 is 107 Å². The molecule has 14 rings (SSSR count). The molecule has 4 aliphatic rings. The van der Waals surface area contributed by atoms with Gasteiger partial charge in [-0.2, -0.15) is 0 Å². The molecule has 8 aromatic carbocycles. The minimum Gasteiger partial charge on any atom is -0.468 e. The summed E-state index contributed by atoms with van der Waals surface area (Å²) in [6.07, 6.45) is 4.52. The van der Waals surface area contributed by atoms with E-state index in [0.29, 0.717) is 0 Å². The van der Waals surface area contributed by atoms with E-state index in [-0.39, 0.29) is 39.2 Å². The van der Waals surface area contributed by atoms with Gasteiger partial charge in [0.25, 0.3) is 6.71 Å². The van der Waals surface area contributed by atoms with Crippen LogP contribution in [-0.2, 0) is 32.5 Å². The molecule has 0 amide bonds. The van der Waals surface area contributed by atoms with Crippen LogP contribution in [0.15, 0.2) is 167 Å². The molecule has 0 fully saturated rings. The quantitative estimate of drug-likeness (QED) is 0.161. The van der Waals surface area contributed by atoms with Crippen molar-refractivity contribution in [3.05, 3.63) is 191 Å². The smallest absolute Gasteiger partial charge is 0.297 e. The first-order valence-corrected chi connectivity index (χ1v) is 29.4. The highest BCUT2D eigenvalue weighted by atomic mass is 16.3. The molecule has 0 radical (unpaired) electrons. The van der Waals surface area contributed by atoms with Crippen molar-refractivity contribution in [3.8, 4) is 0 Å². The first-order valence-electron chi connectivity index (χ1n) is 29.4. The molecule has 0 saturated carbocycles. The van der Waals surface area contributed by atoms with E-state index in [2.05, 4.69) is 269 Å². The molecule has 0 unspecified atom stereocenters. The van der Waals surface area contributed by atoms with Gasteiger partial charge < -0.3 is 23.5 Å². The van der Waals surface area contributed by atoms with Gasteiger partial charge in [0.15, 0.2) is 0 Å². The molecule has 5 nitrogen and oxygen atoms in total. The van der Waals surface area contributed by atoms with Crippen LogP contribution in [-0.4, -0.2) is 6.71 Å². The predicted molar refractivity (Wildman–Crippen MR) is 340 cm³/mol. The summed E-state index contributed by atoms with van der Waals surface area (Å²) >= 11 is 0. The number of para-hydroxylation sites is 2. The van der Waals surface area contributed by atoms with Gasteiger partial charge in [-0.05, 0) is 187 Å². The van der Waals surface area contributed by atoms with Gasteiger partial charge in [0.05, 0.1) is 28.1 Å². The van der Waals surface area contributed by atoms with Crippen molar-refractivity contribution in [3.63, 3.8) is 0 Å². The highest BCUT2D eigenvalue weighted by Gasteiger charge is 2.49. The van der Waals surface area contributed by atoms with E-state index < -0.39 is 0 Å². The van der Waals surface area contributed by atoms with Gasteiger partial charge in [-0.1, -0.05) is 170 Å². The molecule has 80 heavy (non-hydrogen) atoms. The van der Waals surface area contributed by atoms with Crippen molar-refractivity contribution < 1.29 is 8.83 Å². The third kappa shape index (κ3) is 7.63. The fourth-order valence-corrected chi connectivity index (χ4v) is 14.4. The summed E-state index contributed by atoms with van der Waals surface area (Å²) in [5.74, 6) is 0. The molecular formula is C74H76BN3O2. The van der Waals surface area contributed by atoms with Crippen molar-refractivity contribution in [2.24, 2.45) is 0 Å². The molecular weight excluding hydrogens is 974 g/mol. The average molecular weight is 1050 g/mol. The summed E-state index contributed by atoms with van der Waals surface area (Å²) in [6, 6.07) is 60.1. The van der Waals surface area contributed by atoms with Gasteiger partial charge in [0, 0.05) is 44.9 Å². The van der Waals surface area contributed by atoms with E-state index in [0.717, 1.165) is 110 Å². The number of hydrogen-bond acceptors (Lipinski definition) is 5. The molecule has 0 N–H and O–H groups in total. The molecule has 0 saturated heterocycles. The molecule has 6 heteroatoms. The lowest BCUT2D eigenvalue weighted by Gasteiger charge is -2.45. The van der Waals surface area contributed by atoms with Crippen LogP contribution < -0.4 is 31.3 Å². The Morgan fingerprint density at radius 1 is 0.425 bits per heavy atom. The maximum absolute atomic E-state index is 7.81. The lowest BCUT2D eigenvalue weighted by molar-refractivity contribution is 0.332. The van der Waals surface area contributed by atoms with Crippen molar-refractivity contribution in [1.82, 2.24) is 0 Å². The summed E-state index contributed by atoms with van der Waals surface area (Å²) < 4.78 is 14.8. The third-order valence-electron chi connectivity index (χ3n) is 19.4. The second-order valence-electron chi connectivity index (χ2n) is 28.7. The largest absolute Gasteiger partial charge is 0.468 e. The van der Waals surface area contributed by atoms with Crippen LogP contribution in [0.2, 0.25) is 0 Å². The zero-order valence-corrected chi connectivity index (χ0v) is 49.6.